The zero-order valence-electron chi connectivity index (χ0n) is 21.5. The lowest BCUT2D eigenvalue weighted by molar-refractivity contribution is 0.284. The van der Waals surface area contributed by atoms with Gasteiger partial charge in [0.15, 0.2) is 22.6 Å². The van der Waals surface area contributed by atoms with Crippen molar-refractivity contribution in [2.24, 2.45) is 0 Å². The average Bonchev–Trinajstić information content (AvgIpc) is 2.93. The minimum atomic E-state index is -2.11. The van der Waals surface area contributed by atoms with E-state index in [2.05, 4.69) is 15.3 Å². The molecule has 4 aromatic rings. The summed E-state index contributed by atoms with van der Waals surface area (Å²) in [4.78, 5) is 8.32. The van der Waals surface area contributed by atoms with E-state index in [1.807, 2.05) is 24.3 Å². The molecule has 0 bridgehead atoms. The molecule has 0 aliphatic rings. The van der Waals surface area contributed by atoms with Crippen LogP contribution in [0.5, 0.6) is 17.2 Å². The summed E-state index contributed by atoms with van der Waals surface area (Å²) in [7, 11) is 3.10. The summed E-state index contributed by atoms with van der Waals surface area (Å²) >= 11 is -2.11. The number of ether oxygens (including phenoxy) is 3. The molecule has 1 unspecified atom stereocenters. The van der Waals surface area contributed by atoms with Crippen LogP contribution in [0.3, 0.4) is 0 Å². The monoisotopic (exact) mass is 550 g/mol. The second kappa shape index (κ2) is 12.3. The van der Waals surface area contributed by atoms with Crippen LogP contribution in [0.4, 0.5) is 23.1 Å². The lowest BCUT2D eigenvalue weighted by Gasteiger charge is -2.18. The predicted molar refractivity (Wildman–Crippen MR) is 153 cm³/mol. The fourth-order valence-corrected chi connectivity index (χ4v) is 4.40. The molecule has 8 N–H and O–H groups in total. The van der Waals surface area contributed by atoms with E-state index in [9.17, 15) is 8.76 Å². The molecule has 1 heterocycles. The Balaban J connectivity index is 1.49. The Hall–Kier alpha value is -4.55. The topological polar surface area (TPSA) is 181 Å². The number of nitrogens with one attached hydrogen (secondary N) is 1. The molecule has 0 fully saturated rings. The van der Waals surface area contributed by atoms with Gasteiger partial charge in [0.05, 0.1) is 19.1 Å². The molecule has 0 saturated carbocycles. The summed E-state index contributed by atoms with van der Waals surface area (Å²) in [6, 6.07) is 16.0. The molecule has 0 amide bonds. The number of rotatable bonds is 11. The van der Waals surface area contributed by atoms with Gasteiger partial charge < -0.3 is 41.3 Å². The van der Waals surface area contributed by atoms with Gasteiger partial charge in [-0.05, 0) is 53.6 Å². The Labute approximate surface area is 228 Å². The van der Waals surface area contributed by atoms with Gasteiger partial charge in [-0.2, -0.15) is 4.98 Å². The molecule has 0 spiro atoms. The maximum Gasteiger partial charge on any atom is 0.221 e. The Morgan fingerprint density at radius 1 is 0.974 bits per heavy atom. The van der Waals surface area contributed by atoms with Crippen molar-refractivity contribution in [2.75, 3.05) is 49.9 Å². The molecular weight excluding hydrogens is 520 g/mol. The van der Waals surface area contributed by atoms with E-state index in [-0.39, 0.29) is 12.6 Å². The number of nitrogen functional groups attached to an aromatic ring is 3. The van der Waals surface area contributed by atoms with Crippen LogP contribution in [0.2, 0.25) is 0 Å². The van der Waals surface area contributed by atoms with Gasteiger partial charge in [-0.25, -0.2) is 9.19 Å². The highest BCUT2D eigenvalue weighted by atomic mass is 32.2. The number of methoxy groups -OCH3 is 2. The molecule has 3 aromatic carbocycles. The standard InChI is InChI=1S/C27H30N6O5S/c1-36-23-12-16(11-18-15-32-27(30)33-26(18)29)13-24(37-2)25(23)38-10-9-31-22-8-7-20(39(34)35)14-21(22)17-3-5-19(28)6-4-17/h3-8,12-15,31H,9-11,28H2,1-2H3,(H,34,35)(H4,29,30,32,33). The molecule has 204 valence electrons. The zero-order valence-corrected chi connectivity index (χ0v) is 22.3. The summed E-state index contributed by atoms with van der Waals surface area (Å²) in [5.74, 6) is 1.87. The molecule has 1 atom stereocenters. The van der Waals surface area contributed by atoms with Crippen molar-refractivity contribution in [2.45, 2.75) is 11.3 Å². The van der Waals surface area contributed by atoms with E-state index in [0.29, 0.717) is 46.6 Å². The van der Waals surface area contributed by atoms with Crippen LogP contribution in [-0.2, 0) is 17.5 Å². The van der Waals surface area contributed by atoms with Crippen LogP contribution in [0.15, 0.2) is 65.7 Å². The van der Waals surface area contributed by atoms with Crippen LogP contribution >= 0.6 is 0 Å². The van der Waals surface area contributed by atoms with Gasteiger partial charge in [0, 0.05) is 41.7 Å². The van der Waals surface area contributed by atoms with Gasteiger partial charge in [0.1, 0.15) is 12.4 Å². The first-order chi connectivity index (χ1) is 18.8. The van der Waals surface area contributed by atoms with E-state index in [4.69, 9.17) is 31.4 Å². The van der Waals surface area contributed by atoms with Gasteiger partial charge >= 0.3 is 0 Å². The molecule has 0 saturated heterocycles. The van der Waals surface area contributed by atoms with Crippen LogP contribution in [0.1, 0.15) is 11.1 Å². The van der Waals surface area contributed by atoms with E-state index in [1.165, 1.54) is 0 Å². The zero-order chi connectivity index (χ0) is 27.9. The number of benzene rings is 3. The molecule has 0 aliphatic heterocycles. The Kier molecular flexibility index (Phi) is 8.69. The van der Waals surface area contributed by atoms with Gasteiger partial charge in [-0.1, -0.05) is 12.1 Å². The first kappa shape index (κ1) is 27.5. The number of nitrogens with two attached hydrogens (primary N) is 3. The van der Waals surface area contributed by atoms with E-state index in [0.717, 1.165) is 27.9 Å². The largest absolute Gasteiger partial charge is 0.493 e. The first-order valence-corrected chi connectivity index (χ1v) is 13.0. The first-order valence-electron chi connectivity index (χ1n) is 11.9. The third-order valence-electron chi connectivity index (χ3n) is 5.91. The van der Waals surface area contributed by atoms with Crippen molar-refractivity contribution in [1.82, 2.24) is 9.97 Å². The fraction of sp³-hybridized carbons (Fsp3) is 0.185. The van der Waals surface area contributed by atoms with Gasteiger partial charge in [-0.15, -0.1) is 0 Å². The van der Waals surface area contributed by atoms with Crippen LogP contribution in [0, 0.1) is 0 Å². The third kappa shape index (κ3) is 6.67. The second-order valence-corrected chi connectivity index (χ2v) is 9.47. The molecule has 1 aromatic heterocycles. The number of hydrogen-bond donors (Lipinski definition) is 5. The summed E-state index contributed by atoms with van der Waals surface area (Å²) in [6.45, 7) is 0.705. The Bertz CT molecular complexity index is 1460. The highest BCUT2D eigenvalue weighted by Gasteiger charge is 2.16. The van der Waals surface area contributed by atoms with Crippen molar-refractivity contribution < 1.29 is 23.0 Å². The highest BCUT2D eigenvalue weighted by molar-refractivity contribution is 7.79. The molecule has 12 heteroatoms. The normalized spacial score (nSPS) is 11.6. The van der Waals surface area contributed by atoms with E-state index >= 15 is 0 Å². The van der Waals surface area contributed by atoms with Crippen LogP contribution in [-0.4, -0.2) is 46.1 Å². The van der Waals surface area contributed by atoms with Crippen LogP contribution in [0.25, 0.3) is 11.1 Å². The molecule has 0 radical (unpaired) electrons. The summed E-state index contributed by atoms with van der Waals surface area (Å²) in [5.41, 5.74) is 22.0. The van der Waals surface area contributed by atoms with Crippen molar-refractivity contribution in [3.05, 3.63) is 71.9 Å². The van der Waals surface area contributed by atoms with E-state index < -0.39 is 11.1 Å². The third-order valence-corrected chi connectivity index (χ3v) is 6.57. The summed E-state index contributed by atoms with van der Waals surface area (Å²) < 4.78 is 38.4. The molecule has 11 nitrogen and oxygen atoms in total. The smallest absolute Gasteiger partial charge is 0.221 e. The summed E-state index contributed by atoms with van der Waals surface area (Å²) in [6.07, 6.45) is 2.04. The quantitative estimate of drug-likeness (QED) is 0.105. The van der Waals surface area contributed by atoms with Crippen molar-refractivity contribution in [1.29, 1.82) is 0 Å². The minimum Gasteiger partial charge on any atom is -0.493 e. The van der Waals surface area contributed by atoms with Gasteiger partial charge in [-0.3, -0.25) is 0 Å². The highest BCUT2D eigenvalue weighted by Crippen LogP contribution is 2.39. The number of nitrogens with zero attached hydrogens (tertiary/aromatic N) is 2. The minimum absolute atomic E-state index is 0.115. The van der Waals surface area contributed by atoms with Crippen molar-refractivity contribution in [3.8, 4) is 28.4 Å². The maximum atomic E-state index is 11.7. The summed E-state index contributed by atoms with van der Waals surface area (Å²) in [5, 5.41) is 3.34. The molecular formula is C27H30N6O5S. The SMILES string of the molecule is COc1cc(Cc2cnc(N)nc2N)cc(OC)c1OCCNc1ccc(S(=O)O)cc1-c1ccc(N)cc1. The molecule has 4 rings (SSSR count). The maximum absolute atomic E-state index is 11.7. The Morgan fingerprint density at radius 2 is 1.67 bits per heavy atom. The average molecular weight is 551 g/mol. The lowest BCUT2D eigenvalue weighted by Crippen LogP contribution is -2.13. The predicted octanol–water partition coefficient (Wildman–Crippen LogP) is 3.57. The van der Waals surface area contributed by atoms with Gasteiger partial charge in [0.25, 0.3) is 0 Å². The van der Waals surface area contributed by atoms with Crippen molar-refractivity contribution in [3.63, 3.8) is 0 Å². The van der Waals surface area contributed by atoms with Crippen LogP contribution < -0.4 is 36.7 Å². The number of anilines is 4. The number of hydrogen-bond acceptors (Lipinski definition) is 10. The molecule has 0 aliphatic carbocycles. The van der Waals surface area contributed by atoms with Crippen molar-refractivity contribution >= 4 is 34.2 Å². The lowest BCUT2D eigenvalue weighted by atomic mass is 10.0. The van der Waals surface area contributed by atoms with E-state index in [1.54, 1.807) is 50.7 Å². The fourth-order valence-electron chi connectivity index (χ4n) is 4.00. The van der Waals surface area contributed by atoms with Gasteiger partial charge in [0.2, 0.25) is 11.7 Å². The Morgan fingerprint density at radius 3 is 2.28 bits per heavy atom. The second-order valence-electron chi connectivity index (χ2n) is 8.50. The molecule has 39 heavy (non-hydrogen) atoms. The number of aromatic nitrogens is 2.